The number of nitrogens with two attached hydrogens (primary N) is 1. The van der Waals surface area contributed by atoms with E-state index in [1.807, 2.05) is 0 Å². The summed E-state index contributed by atoms with van der Waals surface area (Å²) in [5.41, 5.74) is 6.47. The number of carbonyl (C=O) groups is 1. The van der Waals surface area contributed by atoms with E-state index in [-0.39, 0.29) is 0 Å². The van der Waals surface area contributed by atoms with Crippen LogP contribution in [-0.4, -0.2) is 29.5 Å². The van der Waals surface area contributed by atoms with Gasteiger partial charge in [-0.15, -0.1) is 0 Å². The third-order valence-corrected chi connectivity index (χ3v) is 2.40. The molecular formula is C10H15N3O3S. The molecule has 0 aromatic heterocycles. The van der Waals surface area contributed by atoms with Gasteiger partial charge in [0.1, 0.15) is 5.75 Å². The molecule has 0 aliphatic carbocycles. The lowest BCUT2D eigenvalue weighted by atomic mass is 10.2. The molecule has 1 atom stereocenters. The van der Waals surface area contributed by atoms with Crippen LogP contribution in [0, 0.1) is 0 Å². The van der Waals surface area contributed by atoms with Crippen LogP contribution < -0.4 is 20.5 Å². The minimum Gasteiger partial charge on any atom is -0.495 e. The number of anilines is 2. The zero-order valence-electron chi connectivity index (χ0n) is 9.65. The number of methoxy groups -OCH3 is 1. The van der Waals surface area contributed by atoms with Crippen molar-refractivity contribution in [2.24, 2.45) is 0 Å². The van der Waals surface area contributed by atoms with Crippen LogP contribution in [0.3, 0.4) is 0 Å². The Morgan fingerprint density at radius 3 is 2.71 bits per heavy atom. The normalized spacial score (nSPS) is 13.5. The fraction of sp³-hybridized carbons (Fsp3) is 0.200. The van der Waals surface area contributed by atoms with Crippen molar-refractivity contribution < 1.29 is 13.7 Å². The molecule has 6 nitrogen and oxygen atoms in total. The largest absolute Gasteiger partial charge is 0.495 e. The Kier molecular flexibility index (Phi) is 3.84. The summed E-state index contributed by atoms with van der Waals surface area (Å²) < 4.78 is 18.5. The molecule has 0 radical (unpaired) electrons. The van der Waals surface area contributed by atoms with Gasteiger partial charge < -0.3 is 15.8 Å². The minimum absolute atomic E-state index is 0.397. The lowest BCUT2D eigenvalue weighted by Gasteiger charge is -2.12. The third-order valence-electron chi connectivity index (χ3n) is 1.78. The molecule has 1 unspecified atom stereocenters. The smallest absolute Gasteiger partial charge is 0.330 e. The maximum absolute atomic E-state index is 11.5. The Morgan fingerprint density at radius 2 is 2.18 bits per heavy atom. The van der Waals surface area contributed by atoms with Crippen LogP contribution in [-0.2, 0) is 9.71 Å². The van der Waals surface area contributed by atoms with Gasteiger partial charge in [-0.1, -0.05) is 0 Å². The van der Waals surface area contributed by atoms with Crippen LogP contribution in [0.15, 0.2) is 18.2 Å². The molecule has 17 heavy (non-hydrogen) atoms. The van der Waals surface area contributed by atoms with Crippen molar-refractivity contribution in [2.75, 3.05) is 24.4 Å². The average Bonchev–Trinajstić information content (AvgIpc) is 2.14. The maximum Gasteiger partial charge on any atom is 0.330 e. The predicted molar refractivity (Wildman–Crippen MR) is 70.7 cm³/mol. The molecule has 1 rings (SSSR count). The lowest BCUT2D eigenvalue weighted by molar-refractivity contribution is 0.256. The highest BCUT2D eigenvalue weighted by Crippen LogP contribution is 2.26. The SMILES string of the molecule is C=S(C)(=O)NC(=O)Nc1cc(N)ccc1OC. The van der Waals surface area contributed by atoms with Crippen molar-refractivity contribution in [3.05, 3.63) is 18.2 Å². The van der Waals surface area contributed by atoms with Crippen molar-refractivity contribution in [3.63, 3.8) is 0 Å². The first-order valence-electron chi connectivity index (χ1n) is 4.66. The Labute approximate surface area is 100 Å². The van der Waals surface area contributed by atoms with Crippen molar-refractivity contribution in [2.45, 2.75) is 0 Å². The standard InChI is InChI=1S/C10H15N3O3S/c1-16-9-5-4-7(11)6-8(9)12-10(14)13-17(2,3)15/h4-6H,2,11H2,1,3H3,(H2,12,13,14,15). The van der Waals surface area contributed by atoms with Gasteiger partial charge in [-0.25, -0.2) is 9.00 Å². The van der Waals surface area contributed by atoms with E-state index in [2.05, 4.69) is 15.9 Å². The average molecular weight is 257 g/mol. The second-order valence-corrected chi connectivity index (χ2v) is 5.73. The van der Waals surface area contributed by atoms with Gasteiger partial charge in [0, 0.05) is 21.7 Å². The summed E-state index contributed by atoms with van der Waals surface area (Å²) in [6.45, 7) is 0. The zero-order chi connectivity index (χ0) is 13.1. The van der Waals surface area contributed by atoms with Gasteiger partial charge in [-0.2, -0.15) is 0 Å². The van der Waals surface area contributed by atoms with Crippen LogP contribution in [0.4, 0.5) is 16.2 Å². The first-order chi connectivity index (χ1) is 7.81. The van der Waals surface area contributed by atoms with Crippen LogP contribution >= 0.6 is 0 Å². The number of benzene rings is 1. The second kappa shape index (κ2) is 4.96. The van der Waals surface area contributed by atoms with E-state index in [9.17, 15) is 9.00 Å². The van der Waals surface area contributed by atoms with E-state index < -0.39 is 15.7 Å². The molecule has 0 fully saturated rings. The Bertz CT molecular complexity index is 526. The molecule has 0 aliphatic heterocycles. The summed E-state index contributed by atoms with van der Waals surface area (Å²) in [5, 5.41) is 2.48. The van der Waals surface area contributed by atoms with Gasteiger partial charge in [-0.3, -0.25) is 4.72 Å². The molecule has 4 N–H and O–H groups in total. The van der Waals surface area contributed by atoms with Gasteiger partial charge in [-0.05, 0) is 24.1 Å². The van der Waals surface area contributed by atoms with Crippen molar-refractivity contribution in [3.8, 4) is 5.75 Å². The topological polar surface area (TPSA) is 93.5 Å². The number of hydrogen-bond acceptors (Lipinski definition) is 4. The molecule has 0 bridgehead atoms. The van der Waals surface area contributed by atoms with Crippen molar-refractivity contribution in [1.82, 2.24) is 4.72 Å². The fourth-order valence-electron chi connectivity index (χ4n) is 1.17. The summed E-state index contributed by atoms with van der Waals surface area (Å²) in [5.74, 6) is 3.77. The minimum atomic E-state index is -2.61. The molecule has 1 aromatic rings. The van der Waals surface area contributed by atoms with E-state index in [4.69, 9.17) is 10.5 Å². The number of urea groups is 1. The highest BCUT2D eigenvalue weighted by molar-refractivity contribution is 7.98. The summed E-state index contributed by atoms with van der Waals surface area (Å²) in [6, 6.07) is 4.18. The van der Waals surface area contributed by atoms with E-state index in [0.717, 1.165) is 0 Å². The van der Waals surface area contributed by atoms with Crippen LogP contribution in [0.2, 0.25) is 0 Å². The fourth-order valence-corrected chi connectivity index (χ4v) is 1.61. The quantitative estimate of drug-likeness (QED) is 0.547. The highest BCUT2D eigenvalue weighted by Gasteiger charge is 2.09. The van der Waals surface area contributed by atoms with Gasteiger partial charge >= 0.3 is 6.03 Å². The van der Waals surface area contributed by atoms with Crippen LogP contribution in [0.5, 0.6) is 5.75 Å². The first kappa shape index (κ1) is 13.2. The number of hydrogen-bond donors (Lipinski definition) is 3. The molecule has 0 aliphatic rings. The zero-order valence-corrected chi connectivity index (χ0v) is 10.5. The van der Waals surface area contributed by atoms with E-state index in [0.29, 0.717) is 17.1 Å². The molecule has 7 heteroatoms. The first-order valence-corrected chi connectivity index (χ1v) is 6.80. The van der Waals surface area contributed by atoms with Gasteiger partial charge in [0.15, 0.2) is 0 Å². The molecule has 0 saturated carbocycles. The maximum atomic E-state index is 11.5. The molecule has 94 valence electrons. The molecular weight excluding hydrogens is 242 g/mol. The van der Waals surface area contributed by atoms with E-state index >= 15 is 0 Å². The molecule has 2 amide bonds. The third kappa shape index (κ3) is 4.23. The molecule has 0 spiro atoms. The Balaban J connectivity index is 2.87. The van der Waals surface area contributed by atoms with Crippen LogP contribution in [0.1, 0.15) is 0 Å². The summed E-state index contributed by atoms with van der Waals surface area (Å²) in [7, 11) is -1.14. The highest BCUT2D eigenvalue weighted by atomic mass is 32.2. The molecule has 1 aromatic carbocycles. The number of nitrogen functional groups attached to an aromatic ring is 1. The van der Waals surface area contributed by atoms with Crippen LogP contribution in [0.25, 0.3) is 0 Å². The monoisotopic (exact) mass is 257 g/mol. The Morgan fingerprint density at radius 1 is 1.53 bits per heavy atom. The molecule has 0 heterocycles. The summed E-state index contributed by atoms with van der Waals surface area (Å²) in [4.78, 5) is 11.5. The van der Waals surface area contributed by atoms with E-state index in [1.54, 1.807) is 18.2 Å². The van der Waals surface area contributed by atoms with Gasteiger partial charge in [0.05, 0.1) is 12.8 Å². The number of rotatable bonds is 3. The Hall–Kier alpha value is -1.89. The lowest BCUT2D eigenvalue weighted by Crippen LogP contribution is -2.33. The van der Waals surface area contributed by atoms with Crippen molar-refractivity contribution >= 4 is 33.0 Å². The number of ether oxygens (including phenoxy) is 1. The van der Waals surface area contributed by atoms with E-state index in [1.165, 1.54) is 13.4 Å². The number of amides is 2. The molecule has 0 saturated heterocycles. The number of nitrogens with one attached hydrogen (secondary N) is 2. The van der Waals surface area contributed by atoms with Gasteiger partial charge in [0.25, 0.3) is 0 Å². The summed E-state index contributed by atoms with van der Waals surface area (Å²) in [6.07, 6.45) is 1.32. The number of carbonyl (C=O) groups excluding carboxylic acids is 1. The summed E-state index contributed by atoms with van der Waals surface area (Å²) >= 11 is 0. The van der Waals surface area contributed by atoms with Crippen molar-refractivity contribution in [1.29, 1.82) is 0 Å². The van der Waals surface area contributed by atoms with Gasteiger partial charge in [0.2, 0.25) is 0 Å². The second-order valence-electron chi connectivity index (χ2n) is 3.52. The predicted octanol–water partition coefficient (Wildman–Crippen LogP) is 0.660.